The van der Waals surface area contributed by atoms with E-state index in [0.29, 0.717) is 27.0 Å². The highest BCUT2D eigenvalue weighted by atomic mass is 35.5. The first kappa shape index (κ1) is 21.5. The van der Waals surface area contributed by atoms with Gasteiger partial charge < -0.3 is 9.47 Å². The maximum Gasteiger partial charge on any atom is 0.355 e. The van der Waals surface area contributed by atoms with Gasteiger partial charge in [0.15, 0.2) is 6.61 Å². The van der Waals surface area contributed by atoms with E-state index in [9.17, 15) is 9.59 Å². The van der Waals surface area contributed by atoms with Crippen molar-refractivity contribution >= 4 is 51.1 Å². The van der Waals surface area contributed by atoms with Gasteiger partial charge in [-0.15, -0.1) is 11.3 Å². The highest BCUT2D eigenvalue weighted by Gasteiger charge is 2.19. The van der Waals surface area contributed by atoms with Crippen LogP contribution in [0.3, 0.4) is 0 Å². The summed E-state index contributed by atoms with van der Waals surface area (Å²) in [4.78, 5) is 24.8. The number of nitrogens with zero attached hydrogens (tertiary/aromatic N) is 1. The smallest absolute Gasteiger partial charge is 0.355 e. The number of hydrogen-bond donors (Lipinski definition) is 1. The predicted octanol–water partition coefficient (Wildman–Crippen LogP) is 5.30. The van der Waals surface area contributed by atoms with Crippen LogP contribution in [-0.2, 0) is 4.79 Å². The van der Waals surface area contributed by atoms with Crippen LogP contribution in [0, 0.1) is 0 Å². The third-order valence-electron chi connectivity index (χ3n) is 4.30. The fraction of sp³-hybridized carbons (Fsp3) is 0.0417. The predicted molar refractivity (Wildman–Crippen MR) is 126 cm³/mol. The molecule has 0 saturated carbocycles. The summed E-state index contributed by atoms with van der Waals surface area (Å²) in [7, 11) is 0. The molecule has 0 aliphatic rings. The zero-order valence-corrected chi connectivity index (χ0v) is 18.2. The van der Waals surface area contributed by atoms with Gasteiger partial charge in [-0.3, -0.25) is 4.79 Å². The summed E-state index contributed by atoms with van der Waals surface area (Å²) >= 11 is 7.63. The van der Waals surface area contributed by atoms with Crippen LogP contribution in [0.4, 0.5) is 0 Å². The van der Waals surface area contributed by atoms with E-state index in [4.69, 9.17) is 21.1 Å². The molecule has 1 amide bonds. The second-order valence-corrected chi connectivity index (χ2v) is 8.03. The van der Waals surface area contributed by atoms with Gasteiger partial charge in [0, 0.05) is 10.1 Å². The first-order valence-corrected chi connectivity index (χ1v) is 10.8. The first-order valence-electron chi connectivity index (χ1n) is 9.59. The lowest BCUT2D eigenvalue weighted by Crippen LogP contribution is -2.24. The number of benzene rings is 3. The Kier molecular flexibility index (Phi) is 6.79. The van der Waals surface area contributed by atoms with Gasteiger partial charge in [-0.25, -0.2) is 10.2 Å². The number of halogens is 1. The summed E-state index contributed by atoms with van der Waals surface area (Å²) in [6, 6.07) is 23.3. The monoisotopic (exact) mass is 464 g/mol. The molecular weight excluding hydrogens is 448 g/mol. The number of carbonyl (C=O) groups excluding carboxylic acids is 2. The van der Waals surface area contributed by atoms with Crippen LogP contribution in [0.5, 0.6) is 11.5 Å². The quantitative estimate of drug-likeness (QED) is 0.174. The number of hydrogen-bond acceptors (Lipinski definition) is 6. The Bertz CT molecular complexity index is 1290. The average Bonchev–Trinajstić information content (AvgIpc) is 3.15. The second kappa shape index (κ2) is 10.1. The minimum absolute atomic E-state index is 0.158. The number of nitrogens with one attached hydrogen (secondary N) is 1. The zero-order valence-electron chi connectivity index (χ0n) is 16.7. The summed E-state index contributed by atoms with van der Waals surface area (Å²) in [6.07, 6.45) is 1.45. The van der Waals surface area contributed by atoms with Gasteiger partial charge in [0.05, 0.1) is 11.2 Å². The molecule has 6 nitrogen and oxygen atoms in total. The van der Waals surface area contributed by atoms with Crippen molar-refractivity contribution in [3.8, 4) is 11.5 Å². The Labute approximate surface area is 193 Å². The summed E-state index contributed by atoms with van der Waals surface area (Å²) in [5.74, 6) is 0.00911. The van der Waals surface area contributed by atoms with E-state index in [1.165, 1.54) is 17.6 Å². The molecule has 0 radical (unpaired) electrons. The number of thiophene rings is 1. The van der Waals surface area contributed by atoms with Crippen molar-refractivity contribution in [2.75, 3.05) is 6.61 Å². The maximum atomic E-state index is 12.6. The van der Waals surface area contributed by atoms with Crippen molar-refractivity contribution in [3.63, 3.8) is 0 Å². The van der Waals surface area contributed by atoms with Crippen molar-refractivity contribution in [1.82, 2.24) is 5.43 Å². The van der Waals surface area contributed by atoms with Gasteiger partial charge >= 0.3 is 5.97 Å². The van der Waals surface area contributed by atoms with Gasteiger partial charge in [-0.2, -0.15) is 5.10 Å². The van der Waals surface area contributed by atoms with Crippen LogP contribution < -0.4 is 14.9 Å². The Morgan fingerprint density at radius 2 is 1.72 bits per heavy atom. The lowest BCUT2D eigenvalue weighted by atomic mass is 10.2. The van der Waals surface area contributed by atoms with Crippen LogP contribution in [0.1, 0.15) is 15.2 Å². The highest BCUT2D eigenvalue weighted by molar-refractivity contribution is 7.21. The molecule has 32 heavy (non-hydrogen) atoms. The molecule has 0 aliphatic carbocycles. The Hall–Kier alpha value is -3.68. The molecule has 4 rings (SSSR count). The molecule has 1 N–H and O–H groups in total. The van der Waals surface area contributed by atoms with E-state index >= 15 is 0 Å². The number of esters is 1. The van der Waals surface area contributed by atoms with Gasteiger partial charge in [-0.1, -0.05) is 60.1 Å². The lowest BCUT2D eigenvalue weighted by molar-refractivity contribution is -0.123. The number of amides is 1. The van der Waals surface area contributed by atoms with Crippen LogP contribution in [0.15, 0.2) is 84.0 Å². The fourth-order valence-electron chi connectivity index (χ4n) is 2.83. The molecule has 8 heteroatoms. The summed E-state index contributed by atoms with van der Waals surface area (Å²) in [6.45, 7) is -0.158. The van der Waals surface area contributed by atoms with Gasteiger partial charge in [-0.05, 0) is 35.9 Å². The molecule has 0 bridgehead atoms. The molecular formula is C24H17ClN2O4S. The molecule has 1 heterocycles. The average molecular weight is 465 g/mol. The second-order valence-electron chi connectivity index (χ2n) is 6.60. The van der Waals surface area contributed by atoms with Crippen molar-refractivity contribution < 1.29 is 19.1 Å². The third kappa shape index (κ3) is 5.32. The number of ether oxygens (including phenoxy) is 2. The molecule has 4 aromatic rings. The molecule has 160 valence electrons. The van der Waals surface area contributed by atoms with Crippen molar-refractivity contribution in [3.05, 3.63) is 94.3 Å². The Balaban J connectivity index is 1.35. The lowest BCUT2D eigenvalue weighted by Gasteiger charge is -2.05. The molecule has 0 unspecified atom stereocenters. The number of hydrazone groups is 1. The van der Waals surface area contributed by atoms with E-state index in [0.717, 1.165) is 10.1 Å². The normalized spacial score (nSPS) is 10.9. The third-order valence-corrected chi connectivity index (χ3v) is 5.96. The number of fused-ring (bicyclic) bond motifs is 1. The topological polar surface area (TPSA) is 77.0 Å². The maximum absolute atomic E-state index is 12.6. The molecule has 3 aromatic carbocycles. The largest absolute Gasteiger partial charge is 0.484 e. The number of rotatable bonds is 7. The standard InChI is InChI=1S/C24H17ClN2O4S/c25-22-19-11-4-5-12-20(19)32-23(22)24(29)31-18-10-6-7-16(13-18)14-26-27-21(28)15-30-17-8-2-1-3-9-17/h1-14H,15H2,(H,27,28). The van der Waals surface area contributed by atoms with Crippen LogP contribution >= 0.6 is 22.9 Å². The molecule has 0 spiro atoms. The molecule has 0 aliphatic heterocycles. The zero-order chi connectivity index (χ0) is 22.3. The SMILES string of the molecule is O=C(COc1ccccc1)NN=Cc1cccc(OC(=O)c2sc3ccccc3c2Cl)c1. The first-order chi connectivity index (χ1) is 15.6. The van der Waals surface area contributed by atoms with E-state index in [1.807, 2.05) is 42.5 Å². The van der Waals surface area contributed by atoms with E-state index in [2.05, 4.69) is 10.5 Å². The van der Waals surface area contributed by atoms with Crippen LogP contribution in [0.2, 0.25) is 5.02 Å². The van der Waals surface area contributed by atoms with Crippen molar-refractivity contribution in [2.45, 2.75) is 0 Å². The Morgan fingerprint density at radius 3 is 2.53 bits per heavy atom. The minimum atomic E-state index is -0.531. The van der Waals surface area contributed by atoms with Gasteiger partial charge in [0.25, 0.3) is 5.91 Å². The number of para-hydroxylation sites is 1. The highest BCUT2D eigenvalue weighted by Crippen LogP contribution is 2.35. The minimum Gasteiger partial charge on any atom is -0.484 e. The molecule has 0 fully saturated rings. The van der Waals surface area contributed by atoms with Crippen LogP contribution in [-0.4, -0.2) is 24.7 Å². The Morgan fingerprint density at radius 1 is 0.969 bits per heavy atom. The van der Waals surface area contributed by atoms with E-state index in [1.54, 1.807) is 36.4 Å². The summed E-state index contributed by atoms with van der Waals surface area (Å²) in [5, 5.41) is 5.11. The summed E-state index contributed by atoms with van der Waals surface area (Å²) in [5.41, 5.74) is 3.03. The fourth-order valence-corrected chi connectivity index (χ4v) is 4.22. The molecule has 0 saturated heterocycles. The molecule has 0 atom stereocenters. The van der Waals surface area contributed by atoms with Crippen LogP contribution in [0.25, 0.3) is 10.1 Å². The van der Waals surface area contributed by atoms with Crippen molar-refractivity contribution in [2.24, 2.45) is 5.10 Å². The molecule has 1 aromatic heterocycles. The van der Waals surface area contributed by atoms with Gasteiger partial charge in [0.1, 0.15) is 16.4 Å². The van der Waals surface area contributed by atoms with E-state index in [-0.39, 0.29) is 6.61 Å². The summed E-state index contributed by atoms with van der Waals surface area (Å²) < 4.78 is 11.8. The van der Waals surface area contributed by atoms with Crippen molar-refractivity contribution in [1.29, 1.82) is 0 Å². The van der Waals surface area contributed by atoms with E-state index < -0.39 is 11.9 Å². The number of carbonyl (C=O) groups is 2. The van der Waals surface area contributed by atoms with Gasteiger partial charge in [0.2, 0.25) is 0 Å².